The summed E-state index contributed by atoms with van der Waals surface area (Å²) in [5.74, 6) is 0.333. The number of aromatic nitrogens is 1. The third-order valence-corrected chi connectivity index (χ3v) is 9.38. The first-order valence-electron chi connectivity index (χ1n) is 12.8. The van der Waals surface area contributed by atoms with Crippen molar-refractivity contribution < 1.29 is 32.3 Å². The molecule has 1 unspecified atom stereocenters. The van der Waals surface area contributed by atoms with Gasteiger partial charge in [-0.05, 0) is 41.6 Å². The van der Waals surface area contributed by atoms with Crippen LogP contribution in [0.4, 0.5) is 18.9 Å². The monoisotopic (exact) mass is 611 g/mol. The van der Waals surface area contributed by atoms with E-state index in [1.807, 2.05) is 0 Å². The van der Waals surface area contributed by atoms with E-state index in [-0.39, 0.29) is 35.1 Å². The largest absolute Gasteiger partial charge is 0.457 e. The van der Waals surface area contributed by atoms with Crippen LogP contribution in [0.1, 0.15) is 38.4 Å². The van der Waals surface area contributed by atoms with E-state index in [0.29, 0.717) is 34.3 Å². The summed E-state index contributed by atoms with van der Waals surface area (Å²) in [5, 5.41) is 5.68. The molecular formula is C30H24F3N3O4S2. The highest BCUT2D eigenvalue weighted by Gasteiger charge is 2.35. The predicted octanol–water partition coefficient (Wildman–Crippen LogP) is 6.92. The summed E-state index contributed by atoms with van der Waals surface area (Å²) in [5.41, 5.74) is -0.673. The molecule has 1 atom stereocenters. The molecule has 2 N–H and O–H groups in total. The number of hydrogen-bond acceptors (Lipinski definition) is 7. The van der Waals surface area contributed by atoms with Crippen molar-refractivity contribution in [3.63, 3.8) is 0 Å². The van der Waals surface area contributed by atoms with Crippen LogP contribution in [-0.2, 0) is 17.4 Å². The third-order valence-electron chi connectivity index (χ3n) is 6.55. The van der Waals surface area contributed by atoms with Crippen molar-refractivity contribution in [3.8, 4) is 11.5 Å². The SMILES string of the molecule is CNC(=O)c1cc(Oc2cccc3c(C(=O)Cc4ccc(NC(=O)C5CCSS5)c(C(F)(F)F)c4)cccc23)ccn1. The van der Waals surface area contributed by atoms with Gasteiger partial charge in [0.2, 0.25) is 5.91 Å². The van der Waals surface area contributed by atoms with E-state index < -0.39 is 22.9 Å². The number of halogens is 3. The first kappa shape index (κ1) is 29.5. The minimum Gasteiger partial charge on any atom is -0.457 e. The average molecular weight is 612 g/mol. The standard InChI is InChI=1S/C30H24F3N3O4S2/c1-34-28(38)24-16-18(10-12-35-24)40-26-7-3-4-19-20(5-2-6-21(19)26)25(37)15-17-8-9-23(22(14-17)30(31,32)33)36-29(39)27-11-13-41-42-27/h2-10,12,14,16,27H,11,13,15H2,1H3,(H,34,38)(H,36,39). The average Bonchev–Trinajstić information content (AvgIpc) is 3.52. The number of hydrogen-bond donors (Lipinski definition) is 2. The van der Waals surface area contributed by atoms with Gasteiger partial charge in [-0.1, -0.05) is 58.0 Å². The summed E-state index contributed by atoms with van der Waals surface area (Å²) in [6, 6.07) is 16.8. The Morgan fingerprint density at radius 1 is 1.02 bits per heavy atom. The van der Waals surface area contributed by atoms with Crippen LogP contribution in [-0.4, -0.2) is 40.6 Å². The van der Waals surface area contributed by atoms with Crippen LogP contribution in [0.5, 0.6) is 11.5 Å². The molecule has 0 bridgehead atoms. The van der Waals surface area contributed by atoms with Crippen molar-refractivity contribution in [2.75, 3.05) is 18.1 Å². The predicted molar refractivity (Wildman–Crippen MR) is 158 cm³/mol. The van der Waals surface area contributed by atoms with E-state index in [9.17, 15) is 27.6 Å². The maximum atomic E-state index is 14.0. The summed E-state index contributed by atoms with van der Waals surface area (Å²) >= 11 is 0. The number of benzene rings is 3. The summed E-state index contributed by atoms with van der Waals surface area (Å²) in [4.78, 5) is 41.8. The van der Waals surface area contributed by atoms with Crippen molar-refractivity contribution in [2.45, 2.75) is 24.3 Å². The van der Waals surface area contributed by atoms with Gasteiger partial charge in [0, 0.05) is 42.4 Å². The van der Waals surface area contributed by atoms with Gasteiger partial charge in [0.15, 0.2) is 5.78 Å². The molecule has 1 aromatic heterocycles. The second-order valence-electron chi connectivity index (χ2n) is 9.38. The molecule has 2 amide bonds. The number of carbonyl (C=O) groups is 3. The smallest absolute Gasteiger partial charge is 0.418 e. The number of anilines is 1. The van der Waals surface area contributed by atoms with Gasteiger partial charge in [-0.2, -0.15) is 13.2 Å². The number of nitrogens with zero attached hydrogens (tertiary/aromatic N) is 1. The molecule has 216 valence electrons. The molecule has 0 saturated carbocycles. The normalized spacial score (nSPS) is 14.9. The van der Waals surface area contributed by atoms with E-state index in [4.69, 9.17) is 4.74 Å². The number of rotatable bonds is 8. The molecule has 1 saturated heterocycles. The van der Waals surface area contributed by atoms with Crippen molar-refractivity contribution in [3.05, 3.63) is 95.3 Å². The van der Waals surface area contributed by atoms with Gasteiger partial charge in [-0.15, -0.1) is 0 Å². The van der Waals surface area contributed by atoms with Gasteiger partial charge in [0.25, 0.3) is 5.91 Å². The fourth-order valence-electron chi connectivity index (χ4n) is 4.51. The fraction of sp³-hybridized carbons (Fsp3) is 0.200. The topological polar surface area (TPSA) is 97.4 Å². The maximum Gasteiger partial charge on any atom is 0.418 e. The first-order chi connectivity index (χ1) is 20.1. The Balaban J connectivity index is 1.40. The highest BCUT2D eigenvalue weighted by Crippen LogP contribution is 2.40. The van der Waals surface area contributed by atoms with Crippen molar-refractivity contribution in [1.82, 2.24) is 10.3 Å². The lowest BCUT2D eigenvalue weighted by Gasteiger charge is -2.17. The molecule has 4 aromatic rings. The number of Topliss-reactive ketones (excluding diaryl/α,β-unsaturated/α-hetero) is 1. The summed E-state index contributed by atoms with van der Waals surface area (Å²) in [6.45, 7) is 0. The van der Waals surface area contributed by atoms with E-state index in [1.54, 1.807) is 42.5 Å². The zero-order valence-corrected chi connectivity index (χ0v) is 23.8. The number of ketones is 1. The second kappa shape index (κ2) is 12.5. The number of amides is 2. The van der Waals surface area contributed by atoms with Gasteiger partial charge in [-0.3, -0.25) is 19.4 Å². The van der Waals surface area contributed by atoms with E-state index >= 15 is 0 Å². The van der Waals surface area contributed by atoms with Gasteiger partial charge < -0.3 is 15.4 Å². The van der Waals surface area contributed by atoms with Gasteiger partial charge in [0.05, 0.1) is 16.5 Å². The molecule has 3 aromatic carbocycles. The fourth-order valence-corrected chi connectivity index (χ4v) is 7.24. The van der Waals surface area contributed by atoms with Gasteiger partial charge >= 0.3 is 6.18 Å². The quantitative estimate of drug-likeness (QED) is 0.165. The molecule has 5 rings (SSSR count). The zero-order valence-electron chi connectivity index (χ0n) is 22.2. The lowest BCUT2D eigenvalue weighted by atomic mass is 9.96. The van der Waals surface area contributed by atoms with Crippen LogP contribution >= 0.6 is 21.6 Å². The lowest BCUT2D eigenvalue weighted by Crippen LogP contribution is -2.25. The number of nitrogens with one attached hydrogen (secondary N) is 2. The molecule has 7 nitrogen and oxygen atoms in total. The van der Waals surface area contributed by atoms with E-state index in [2.05, 4.69) is 15.6 Å². The Morgan fingerprint density at radius 2 is 1.81 bits per heavy atom. The number of ether oxygens (including phenoxy) is 1. The zero-order chi connectivity index (χ0) is 29.9. The lowest BCUT2D eigenvalue weighted by molar-refractivity contribution is -0.137. The number of pyridine rings is 1. The molecule has 12 heteroatoms. The summed E-state index contributed by atoms with van der Waals surface area (Å²) < 4.78 is 47.9. The Kier molecular flexibility index (Phi) is 8.74. The Labute approximate surface area is 247 Å². The number of fused-ring (bicyclic) bond motifs is 1. The Morgan fingerprint density at radius 3 is 2.55 bits per heavy atom. The molecule has 1 aliphatic heterocycles. The highest BCUT2D eigenvalue weighted by molar-refractivity contribution is 8.77. The van der Waals surface area contributed by atoms with Crippen molar-refractivity contribution in [1.29, 1.82) is 0 Å². The minimum absolute atomic E-state index is 0.166. The van der Waals surface area contributed by atoms with Gasteiger partial charge in [0.1, 0.15) is 17.2 Å². The van der Waals surface area contributed by atoms with E-state index in [1.165, 1.54) is 53.0 Å². The molecule has 1 aliphatic rings. The molecule has 0 radical (unpaired) electrons. The van der Waals surface area contributed by atoms with Crippen LogP contribution in [0.15, 0.2) is 72.9 Å². The first-order valence-corrected chi connectivity index (χ1v) is 15.2. The molecular weight excluding hydrogens is 587 g/mol. The second-order valence-corrected chi connectivity index (χ2v) is 12.1. The van der Waals surface area contributed by atoms with Crippen LogP contribution in [0.3, 0.4) is 0 Å². The summed E-state index contributed by atoms with van der Waals surface area (Å²) in [6.07, 6.45) is -2.98. The molecule has 0 aliphatic carbocycles. The number of carbonyl (C=O) groups excluding carboxylic acids is 3. The third kappa shape index (κ3) is 6.55. The number of alkyl halides is 3. The van der Waals surface area contributed by atoms with Crippen LogP contribution < -0.4 is 15.4 Å². The molecule has 0 spiro atoms. The van der Waals surface area contributed by atoms with Crippen molar-refractivity contribution >= 4 is 55.6 Å². The Bertz CT molecular complexity index is 1670. The molecule has 1 fully saturated rings. The Hall–Kier alpha value is -4.03. The van der Waals surface area contributed by atoms with Crippen molar-refractivity contribution in [2.24, 2.45) is 0 Å². The van der Waals surface area contributed by atoms with Crippen LogP contribution in [0.2, 0.25) is 0 Å². The molecule has 2 heterocycles. The molecule has 42 heavy (non-hydrogen) atoms. The summed E-state index contributed by atoms with van der Waals surface area (Å²) in [7, 11) is 4.35. The van der Waals surface area contributed by atoms with Crippen LogP contribution in [0.25, 0.3) is 10.8 Å². The highest BCUT2D eigenvalue weighted by atomic mass is 33.1. The van der Waals surface area contributed by atoms with Gasteiger partial charge in [-0.25, -0.2) is 0 Å². The maximum absolute atomic E-state index is 14.0. The minimum atomic E-state index is -4.73. The van der Waals surface area contributed by atoms with Crippen LogP contribution in [0, 0.1) is 0 Å². The van der Waals surface area contributed by atoms with E-state index in [0.717, 1.165) is 11.8 Å².